The fraction of sp³-hybridized carbons (Fsp3) is 0.857. The van der Waals surface area contributed by atoms with E-state index in [1.165, 1.54) is 64.2 Å². The van der Waals surface area contributed by atoms with Gasteiger partial charge >= 0.3 is 25.7 Å². The van der Waals surface area contributed by atoms with E-state index in [0.29, 0.717) is 12.8 Å². The first-order chi connectivity index (χ1) is 22.6. The van der Waals surface area contributed by atoms with Crippen molar-refractivity contribution in [1.82, 2.24) is 0 Å². The van der Waals surface area contributed by atoms with Crippen LogP contribution in [0, 0.1) is 0 Å². The normalized spacial score (nSPS) is 14.1. The zero-order valence-electron chi connectivity index (χ0n) is 29.4. The molecular weight excluding hydrogens is 625 g/mol. The maximum atomic E-state index is 12.5. The molecule has 0 aromatic carbocycles. The van der Waals surface area contributed by atoms with Gasteiger partial charge in [-0.3, -0.25) is 23.4 Å². The van der Waals surface area contributed by atoms with Gasteiger partial charge in [0.15, 0.2) is 6.10 Å². The Kier molecular flexibility index (Phi) is 30.3. The van der Waals surface area contributed by atoms with Crippen LogP contribution in [-0.4, -0.2) is 59.9 Å². The van der Waals surface area contributed by atoms with E-state index < -0.39 is 51.1 Å². The first-order valence-electron chi connectivity index (χ1n) is 18.2. The highest BCUT2D eigenvalue weighted by molar-refractivity contribution is 7.47. The molecule has 1 unspecified atom stereocenters. The summed E-state index contributed by atoms with van der Waals surface area (Å²) in [5.41, 5.74) is 5.30. The molecule has 47 heavy (non-hydrogen) atoms. The summed E-state index contributed by atoms with van der Waals surface area (Å²) in [4.78, 5) is 45.6. The highest BCUT2D eigenvalue weighted by atomic mass is 31.2. The van der Waals surface area contributed by atoms with Gasteiger partial charge in [0.1, 0.15) is 12.6 Å². The van der Waals surface area contributed by atoms with Crippen LogP contribution in [0.2, 0.25) is 0 Å². The van der Waals surface area contributed by atoms with Gasteiger partial charge < -0.3 is 25.2 Å². The molecule has 3 atom stereocenters. The summed E-state index contributed by atoms with van der Waals surface area (Å²) in [5.74, 6) is -2.39. The molecule has 0 saturated carbocycles. The van der Waals surface area contributed by atoms with E-state index in [-0.39, 0.29) is 19.4 Å². The molecule has 0 rings (SSSR count). The van der Waals surface area contributed by atoms with Crippen LogP contribution in [0.1, 0.15) is 162 Å². The molecule has 0 aliphatic carbocycles. The maximum absolute atomic E-state index is 12.5. The van der Waals surface area contributed by atoms with Gasteiger partial charge in [0.05, 0.1) is 13.2 Å². The number of allylic oxidation sites excluding steroid dienone is 2. The second-order valence-electron chi connectivity index (χ2n) is 12.4. The van der Waals surface area contributed by atoms with Crippen LogP contribution in [0.4, 0.5) is 0 Å². The number of phosphoric acid groups is 1. The van der Waals surface area contributed by atoms with E-state index in [1.54, 1.807) is 0 Å². The smallest absolute Gasteiger partial charge is 0.472 e. The highest BCUT2D eigenvalue weighted by Gasteiger charge is 2.28. The van der Waals surface area contributed by atoms with Gasteiger partial charge in [-0.15, -0.1) is 0 Å². The van der Waals surface area contributed by atoms with Gasteiger partial charge in [-0.1, -0.05) is 129 Å². The SMILES string of the molecule is CCCC/C=C/CCCCCCCC(=O)OC[C@H](COP(=O)(O)OC[C@H](N)C(=O)O)OC(=O)CCCCCCCCCCCCCC. The standard InChI is InChI=1S/C35H66NO10P/c1-3-5-7-9-11-13-15-17-19-21-23-25-27-34(38)46-31(29-44-47(41,42)45-30-32(36)35(39)40)28-43-33(37)26-24-22-20-18-16-14-12-10-8-6-4-2/h10,12,31-32H,3-9,11,13-30,36H2,1-2H3,(H,39,40)(H,41,42)/b12-10+/t31-,32+/m1/s1. The topological polar surface area (TPSA) is 172 Å². The van der Waals surface area contributed by atoms with E-state index in [2.05, 4.69) is 30.5 Å². The third-order valence-electron chi connectivity index (χ3n) is 7.76. The largest absolute Gasteiger partial charge is 0.480 e. The molecule has 0 spiro atoms. The lowest BCUT2D eigenvalue weighted by Gasteiger charge is -2.20. The molecule has 0 amide bonds. The fourth-order valence-corrected chi connectivity index (χ4v) is 5.59. The number of nitrogens with two attached hydrogens (primary N) is 1. The molecule has 0 radical (unpaired) electrons. The number of ether oxygens (including phenoxy) is 2. The van der Waals surface area contributed by atoms with Gasteiger partial charge in [0, 0.05) is 12.8 Å². The molecule has 0 aliphatic heterocycles. The molecule has 0 saturated heterocycles. The number of rotatable bonds is 34. The Hall–Kier alpha value is -1.78. The molecular formula is C35H66NO10P. The second kappa shape index (κ2) is 31.5. The number of carboxylic acid groups (broad SMARTS) is 1. The summed E-state index contributed by atoms with van der Waals surface area (Å²) in [6, 6.07) is -1.52. The molecule has 0 bridgehead atoms. The zero-order valence-corrected chi connectivity index (χ0v) is 30.3. The quantitative estimate of drug-likeness (QED) is 0.0255. The van der Waals surface area contributed by atoms with E-state index in [9.17, 15) is 23.8 Å². The predicted molar refractivity (Wildman–Crippen MR) is 185 cm³/mol. The molecule has 0 heterocycles. The summed E-state index contributed by atoms with van der Waals surface area (Å²) in [5, 5.41) is 8.84. The Morgan fingerprint density at radius 3 is 1.62 bits per heavy atom. The molecule has 0 aliphatic rings. The van der Waals surface area contributed by atoms with Crippen molar-refractivity contribution in [3.63, 3.8) is 0 Å². The zero-order chi connectivity index (χ0) is 35.0. The number of hydrogen-bond acceptors (Lipinski definition) is 9. The van der Waals surface area contributed by atoms with Gasteiger partial charge in [0.2, 0.25) is 0 Å². The Balaban J connectivity index is 4.47. The third-order valence-corrected chi connectivity index (χ3v) is 8.71. The number of carbonyl (C=O) groups is 3. The van der Waals surface area contributed by atoms with Crippen LogP contribution in [0.5, 0.6) is 0 Å². The van der Waals surface area contributed by atoms with Crippen LogP contribution in [0.25, 0.3) is 0 Å². The third kappa shape index (κ3) is 31.3. The minimum absolute atomic E-state index is 0.164. The maximum Gasteiger partial charge on any atom is 0.472 e. The molecule has 12 heteroatoms. The van der Waals surface area contributed by atoms with Gasteiger partial charge in [-0.25, -0.2) is 4.57 Å². The van der Waals surface area contributed by atoms with Crippen molar-refractivity contribution in [3.8, 4) is 0 Å². The number of carboxylic acids is 1. The number of unbranched alkanes of at least 4 members (excludes halogenated alkanes) is 18. The Morgan fingerprint density at radius 2 is 1.09 bits per heavy atom. The molecule has 0 aromatic heterocycles. The van der Waals surface area contributed by atoms with E-state index in [0.717, 1.165) is 57.8 Å². The van der Waals surface area contributed by atoms with Crippen molar-refractivity contribution in [2.45, 2.75) is 174 Å². The lowest BCUT2D eigenvalue weighted by Crippen LogP contribution is -2.34. The predicted octanol–water partition coefficient (Wildman–Crippen LogP) is 8.56. The lowest BCUT2D eigenvalue weighted by molar-refractivity contribution is -0.161. The summed E-state index contributed by atoms with van der Waals surface area (Å²) < 4.78 is 32.5. The van der Waals surface area contributed by atoms with Gasteiger partial charge in [0.25, 0.3) is 0 Å². The number of esters is 2. The minimum Gasteiger partial charge on any atom is -0.480 e. The summed E-state index contributed by atoms with van der Waals surface area (Å²) in [7, 11) is -4.70. The molecule has 4 N–H and O–H groups in total. The average molecular weight is 692 g/mol. The Labute approximate surface area is 284 Å². The van der Waals surface area contributed by atoms with Gasteiger partial charge in [-0.2, -0.15) is 0 Å². The fourth-order valence-electron chi connectivity index (χ4n) is 4.81. The second-order valence-corrected chi connectivity index (χ2v) is 13.8. The van der Waals surface area contributed by atoms with Gasteiger partial charge in [-0.05, 0) is 32.1 Å². The van der Waals surface area contributed by atoms with E-state index in [1.807, 2.05) is 0 Å². The van der Waals surface area contributed by atoms with Crippen molar-refractivity contribution >= 4 is 25.7 Å². The number of carbonyl (C=O) groups excluding carboxylic acids is 2. The summed E-state index contributed by atoms with van der Waals surface area (Å²) >= 11 is 0. The van der Waals surface area contributed by atoms with Crippen LogP contribution in [-0.2, 0) is 37.5 Å². The number of phosphoric ester groups is 1. The summed E-state index contributed by atoms with van der Waals surface area (Å²) in [6.07, 6.45) is 27.2. The van der Waals surface area contributed by atoms with E-state index in [4.69, 9.17) is 24.8 Å². The molecule has 276 valence electrons. The number of aliphatic carboxylic acids is 1. The van der Waals surface area contributed by atoms with Crippen molar-refractivity contribution in [3.05, 3.63) is 12.2 Å². The Morgan fingerprint density at radius 1 is 0.638 bits per heavy atom. The highest BCUT2D eigenvalue weighted by Crippen LogP contribution is 2.43. The minimum atomic E-state index is -4.70. The van der Waals surface area contributed by atoms with Crippen LogP contribution < -0.4 is 5.73 Å². The average Bonchev–Trinajstić information content (AvgIpc) is 3.04. The van der Waals surface area contributed by atoms with Crippen molar-refractivity contribution in [2.24, 2.45) is 5.73 Å². The monoisotopic (exact) mass is 691 g/mol. The van der Waals surface area contributed by atoms with Crippen LogP contribution in [0.15, 0.2) is 12.2 Å². The van der Waals surface area contributed by atoms with Crippen LogP contribution >= 0.6 is 7.82 Å². The number of hydrogen-bond donors (Lipinski definition) is 3. The summed E-state index contributed by atoms with van der Waals surface area (Å²) in [6.45, 7) is 2.73. The lowest BCUT2D eigenvalue weighted by atomic mass is 10.0. The first kappa shape index (κ1) is 45.2. The van der Waals surface area contributed by atoms with E-state index >= 15 is 0 Å². The van der Waals surface area contributed by atoms with Crippen LogP contribution in [0.3, 0.4) is 0 Å². The van der Waals surface area contributed by atoms with Crippen molar-refractivity contribution < 1.29 is 47.5 Å². The molecule has 11 nitrogen and oxygen atoms in total. The molecule has 0 fully saturated rings. The van der Waals surface area contributed by atoms with Crippen molar-refractivity contribution in [2.75, 3.05) is 19.8 Å². The Bertz CT molecular complexity index is 869. The molecule has 0 aromatic rings. The van der Waals surface area contributed by atoms with Crippen molar-refractivity contribution in [1.29, 1.82) is 0 Å². The first-order valence-corrected chi connectivity index (χ1v) is 19.7.